The molecule has 2 aromatic rings. The first kappa shape index (κ1) is 18.0. The highest BCUT2D eigenvalue weighted by Gasteiger charge is 2.27. The Morgan fingerprint density at radius 3 is 2.64 bits per heavy atom. The number of thiophene rings is 1. The molecule has 1 aliphatic heterocycles. The van der Waals surface area contributed by atoms with Crippen LogP contribution in [0.25, 0.3) is 10.2 Å². The highest BCUT2D eigenvalue weighted by molar-refractivity contribution is 7.20. The van der Waals surface area contributed by atoms with Crippen LogP contribution >= 0.6 is 11.3 Å². The van der Waals surface area contributed by atoms with E-state index >= 15 is 0 Å². The van der Waals surface area contributed by atoms with Crippen LogP contribution < -0.4 is 10.1 Å². The van der Waals surface area contributed by atoms with Crippen LogP contribution in [0, 0.1) is 6.92 Å². The third kappa shape index (κ3) is 3.47. The van der Waals surface area contributed by atoms with Gasteiger partial charge in [-0.25, -0.2) is 4.98 Å². The van der Waals surface area contributed by atoms with Gasteiger partial charge in [0.15, 0.2) is 5.82 Å². The molecular weight excluding hydrogens is 340 g/mol. The maximum atomic E-state index is 13.0. The van der Waals surface area contributed by atoms with Gasteiger partial charge in [0.2, 0.25) is 5.88 Å². The Hall–Kier alpha value is -1.77. The highest BCUT2D eigenvalue weighted by atomic mass is 32.1. The maximum absolute atomic E-state index is 13.0. The van der Waals surface area contributed by atoms with Crippen molar-refractivity contribution in [2.75, 3.05) is 34.4 Å². The molecule has 136 valence electrons. The van der Waals surface area contributed by atoms with Crippen molar-refractivity contribution in [2.45, 2.75) is 32.4 Å². The highest BCUT2D eigenvalue weighted by Crippen LogP contribution is 2.36. The predicted octanol–water partition coefficient (Wildman–Crippen LogP) is 1.98. The Morgan fingerprint density at radius 1 is 1.32 bits per heavy atom. The number of hydrogen-bond acceptors (Lipinski definition) is 7. The van der Waals surface area contributed by atoms with Crippen LogP contribution in [0.4, 0.5) is 0 Å². The van der Waals surface area contributed by atoms with E-state index in [-0.39, 0.29) is 5.91 Å². The van der Waals surface area contributed by atoms with Gasteiger partial charge in [-0.05, 0) is 32.4 Å². The normalized spacial score (nSPS) is 15.8. The van der Waals surface area contributed by atoms with Gasteiger partial charge in [-0.2, -0.15) is 4.98 Å². The number of methoxy groups -OCH3 is 2. The summed E-state index contributed by atoms with van der Waals surface area (Å²) in [5.74, 6) is 1.13. The molecule has 0 unspecified atom stereocenters. The zero-order chi connectivity index (χ0) is 18.0. The number of rotatable bonds is 5. The quantitative estimate of drug-likeness (QED) is 0.874. The van der Waals surface area contributed by atoms with Gasteiger partial charge in [0.25, 0.3) is 5.91 Å². The van der Waals surface area contributed by atoms with E-state index in [4.69, 9.17) is 9.47 Å². The number of hydrogen-bond donors (Lipinski definition) is 1. The fourth-order valence-electron chi connectivity index (χ4n) is 3.20. The molecule has 1 N–H and O–H groups in total. The summed E-state index contributed by atoms with van der Waals surface area (Å²) in [6.45, 7) is 3.80. The molecule has 0 aromatic carbocycles. The molecule has 2 aromatic heterocycles. The smallest absolute Gasteiger partial charge is 0.264 e. The molecular formula is C17H24N4O3S. The number of amides is 1. The number of carbonyl (C=O) groups is 1. The summed E-state index contributed by atoms with van der Waals surface area (Å²) in [7, 11) is 5.16. The fraction of sp³-hybridized carbons (Fsp3) is 0.588. The van der Waals surface area contributed by atoms with Crippen molar-refractivity contribution in [3.05, 3.63) is 16.3 Å². The summed E-state index contributed by atoms with van der Waals surface area (Å²) in [6, 6.07) is 0.495. The van der Waals surface area contributed by atoms with E-state index in [2.05, 4.69) is 15.3 Å². The summed E-state index contributed by atoms with van der Waals surface area (Å²) < 4.78 is 10.5. The van der Waals surface area contributed by atoms with E-state index in [1.165, 1.54) is 11.3 Å². The predicted molar refractivity (Wildman–Crippen MR) is 97.4 cm³/mol. The number of nitrogens with one attached hydrogen (secondary N) is 1. The van der Waals surface area contributed by atoms with Gasteiger partial charge < -0.3 is 19.7 Å². The lowest BCUT2D eigenvalue weighted by atomic mass is 10.0. The van der Waals surface area contributed by atoms with Gasteiger partial charge in [0.05, 0.1) is 17.4 Å². The molecule has 25 heavy (non-hydrogen) atoms. The number of piperidine rings is 1. The van der Waals surface area contributed by atoms with E-state index in [0.717, 1.165) is 46.6 Å². The van der Waals surface area contributed by atoms with Gasteiger partial charge in [0, 0.05) is 26.2 Å². The van der Waals surface area contributed by atoms with Crippen molar-refractivity contribution in [2.24, 2.45) is 0 Å². The van der Waals surface area contributed by atoms with Crippen LogP contribution in [0.15, 0.2) is 0 Å². The topological polar surface area (TPSA) is 76.6 Å². The molecule has 3 heterocycles. The van der Waals surface area contributed by atoms with E-state index in [0.29, 0.717) is 24.4 Å². The first-order chi connectivity index (χ1) is 12.1. The number of aryl methyl sites for hydroxylation is 1. The molecule has 0 atom stereocenters. The summed E-state index contributed by atoms with van der Waals surface area (Å²) >= 11 is 1.41. The maximum Gasteiger partial charge on any atom is 0.264 e. The molecule has 1 aliphatic rings. The first-order valence-corrected chi connectivity index (χ1v) is 9.20. The minimum absolute atomic E-state index is 0.0744. The molecule has 0 spiro atoms. The molecule has 7 nitrogen and oxygen atoms in total. The van der Waals surface area contributed by atoms with E-state index in [1.54, 1.807) is 14.2 Å². The van der Waals surface area contributed by atoms with Gasteiger partial charge in [-0.1, -0.05) is 0 Å². The van der Waals surface area contributed by atoms with Crippen LogP contribution in [0.1, 0.15) is 33.9 Å². The lowest BCUT2D eigenvalue weighted by Crippen LogP contribution is -2.43. The van der Waals surface area contributed by atoms with Crippen molar-refractivity contribution in [1.29, 1.82) is 0 Å². The number of likely N-dealkylation sites (tertiary alicyclic amines) is 1. The van der Waals surface area contributed by atoms with Crippen molar-refractivity contribution < 1.29 is 14.3 Å². The Morgan fingerprint density at radius 2 is 2.04 bits per heavy atom. The molecule has 0 saturated carbocycles. The van der Waals surface area contributed by atoms with Crippen LogP contribution in [-0.2, 0) is 11.3 Å². The average Bonchev–Trinajstić information content (AvgIpc) is 2.97. The third-order valence-corrected chi connectivity index (χ3v) is 5.83. The van der Waals surface area contributed by atoms with Gasteiger partial charge in [-0.15, -0.1) is 11.3 Å². The lowest BCUT2D eigenvalue weighted by molar-refractivity contribution is 0.0711. The van der Waals surface area contributed by atoms with Gasteiger partial charge in [0.1, 0.15) is 11.4 Å². The molecule has 8 heteroatoms. The summed E-state index contributed by atoms with van der Waals surface area (Å²) in [6.07, 6.45) is 1.96. The molecule has 0 aliphatic carbocycles. The molecule has 1 amide bonds. The minimum Gasteiger partial charge on any atom is -0.480 e. The van der Waals surface area contributed by atoms with E-state index in [9.17, 15) is 4.79 Å². The molecule has 0 bridgehead atoms. The summed E-state index contributed by atoms with van der Waals surface area (Å²) in [5.41, 5.74) is 0.890. The lowest BCUT2D eigenvalue weighted by Gasteiger charge is -2.31. The van der Waals surface area contributed by atoms with Crippen LogP contribution in [0.5, 0.6) is 5.88 Å². The summed E-state index contributed by atoms with van der Waals surface area (Å²) in [5, 5.41) is 4.11. The second kappa shape index (κ2) is 7.63. The van der Waals surface area contributed by atoms with Crippen LogP contribution in [-0.4, -0.2) is 61.2 Å². The largest absolute Gasteiger partial charge is 0.480 e. The van der Waals surface area contributed by atoms with Crippen molar-refractivity contribution in [3.63, 3.8) is 0 Å². The Labute approximate surface area is 151 Å². The number of fused-ring (bicyclic) bond motifs is 1. The molecule has 1 saturated heterocycles. The SMILES string of the molecule is CNC1CCN(C(=O)c2sc3nc(COC)nc(OC)c3c2C)CC1. The zero-order valence-corrected chi connectivity index (χ0v) is 15.9. The zero-order valence-electron chi connectivity index (χ0n) is 15.1. The Bertz CT molecular complexity index is 769. The Kier molecular flexibility index (Phi) is 5.51. The monoisotopic (exact) mass is 364 g/mol. The van der Waals surface area contributed by atoms with Crippen LogP contribution in [0.2, 0.25) is 0 Å². The van der Waals surface area contributed by atoms with Crippen molar-refractivity contribution in [3.8, 4) is 5.88 Å². The fourth-order valence-corrected chi connectivity index (χ4v) is 4.36. The average molecular weight is 364 g/mol. The molecule has 1 fully saturated rings. The van der Waals surface area contributed by atoms with Crippen molar-refractivity contribution >= 4 is 27.5 Å². The first-order valence-electron chi connectivity index (χ1n) is 8.38. The van der Waals surface area contributed by atoms with Crippen molar-refractivity contribution in [1.82, 2.24) is 20.2 Å². The van der Waals surface area contributed by atoms with E-state index in [1.807, 2.05) is 18.9 Å². The third-order valence-electron chi connectivity index (χ3n) is 4.65. The summed E-state index contributed by atoms with van der Waals surface area (Å²) in [4.78, 5) is 25.3. The Balaban J connectivity index is 1.94. The van der Waals surface area contributed by atoms with Gasteiger partial charge >= 0.3 is 0 Å². The minimum atomic E-state index is 0.0744. The second-order valence-corrected chi connectivity index (χ2v) is 7.17. The number of nitrogens with zero attached hydrogens (tertiary/aromatic N) is 3. The number of aromatic nitrogens is 2. The second-order valence-electron chi connectivity index (χ2n) is 6.17. The number of ether oxygens (including phenoxy) is 2. The van der Waals surface area contributed by atoms with E-state index < -0.39 is 0 Å². The number of carbonyl (C=O) groups excluding carboxylic acids is 1. The standard InChI is InChI=1S/C17H24N4O3S/c1-10-13-15(24-4)19-12(9-23-3)20-16(13)25-14(10)17(22)21-7-5-11(18-2)6-8-21/h11,18H,5-9H2,1-4H3. The van der Waals surface area contributed by atoms with Gasteiger partial charge in [-0.3, -0.25) is 4.79 Å². The molecule has 0 radical (unpaired) electrons. The van der Waals surface area contributed by atoms with Crippen LogP contribution in [0.3, 0.4) is 0 Å². The molecule has 3 rings (SSSR count).